The minimum absolute atomic E-state index is 0.181. The highest BCUT2D eigenvalue weighted by molar-refractivity contribution is 6.30. The molecule has 2 N–H and O–H groups in total. The van der Waals surface area contributed by atoms with Crippen molar-refractivity contribution in [3.05, 3.63) is 11.1 Å². The highest BCUT2D eigenvalue weighted by Gasteiger charge is 2.45. The molecule has 0 radical (unpaired) electrons. The van der Waals surface area contributed by atoms with Crippen molar-refractivity contribution >= 4 is 17.6 Å². The molecule has 0 saturated heterocycles. The first-order valence-corrected chi connectivity index (χ1v) is 4.75. The molecule has 0 aromatic heterocycles. The van der Waals surface area contributed by atoms with Crippen LogP contribution in [0, 0.1) is 17.8 Å². The third kappa shape index (κ3) is 1.36. The predicted octanol–water partition coefficient (Wildman–Crippen LogP) is 1.21. The molecule has 72 valence electrons. The van der Waals surface area contributed by atoms with Crippen LogP contribution >= 0.6 is 11.6 Å². The van der Waals surface area contributed by atoms with Crippen LogP contribution < -0.4 is 0 Å². The molecule has 0 heterocycles. The van der Waals surface area contributed by atoms with Gasteiger partial charge in [0.15, 0.2) is 0 Å². The minimum atomic E-state index is -0.814. The maximum Gasteiger partial charge on any atom is 0.306 e. The van der Waals surface area contributed by atoms with Gasteiger partial charge in [0.1, 0.15) is 0 Å². The fourth-order valence-electron chi connectivity index (χ4n) is 2.41. The molecule has 4 atom stereocenters. The molecule has 1 fully saturated rings. The number of halogens is 1. The highest BCUT2D eigenvalue weighted by Crippen LogP contribution is 2.46. The van der Waals surface area contributed by atoms with E-state index in [-0.39, 0.29) is 11.8 Å². The number of carboxylic acid groups (broad SMARTS) is 1. The molecule has 0 spiro atoms. The largest absolute Gasteiger partial charge is 0.481 e. The van der Waals surface area contributed by atoms with E-state index < -0.39 is 18.0 Å². The van der Waals surface area contributed by atoms with E-state index in [0.29, 0.717) is 11.5 Å². The quantitative estimate of drug-likeness (QED) is 0.672. The molecular formula is C9H11ClO3. The molecule has 2 rings (SSSR count). The highest BCUT2D eigenvalue weighted by atomic mass is 35.5. The Morgan fingerprint density at radius 1 is 1.54 bits per heavy atom. The van der Waals surface area contributed by atoms with Gasteiger partial charge in [-0.25, -0.2) is 0 Å². The second-order valence-electron chi connectivity index (χ2n) is 3.84. The summed E-state index contributed by atoms with van der Waals surface area (Å²) in [4.78, 5) is 10.8. The summed E-state index contributed by atoms with van der Waals surface area (Å²) in [6, 6.07) is 0. The molecule has 0 aliphatic heterocycles. The smallest absolute Gasteiger partial charge is 0.306 e. The number of rotatable bonds is 1. The van der Waals surface area contributed by atoms with Crippen LogP contribution in [0.5, 0.6) is 0 Å². The third-order valence-corrected chi connectivity index (χ3v) is 3.40. The Labute approximate surface area is 81.0 Å². The second kappa shape index (κ2) is 3.00. The van der Waals surface area contributed by atoms with Crippen molar-refractivity contribution in [2.75, 3.05) is 0 Å². The van der Waals surface area contributed by atoms with Crippen molar-refractivity contribution in [2.24, 2.45) is 17.8 Å². The van der Waals surface area contributed by atoms with E-state index in [2.05, 4.69) is 0 Å². The molecule has 0 aromatic rings. The first-order chi connectivity index (χ1) is 6.09. The van der Waals surface area contributed by atoms with Gasteiger partial charge in [-0.15, -0.1) is 0 Å². The summed E-state index contributed by atoms with van der Waals surface area (Å²) in [6.07, 6.45) is 2.41. The van der Waals surface area contributed by atoms with Crippen LogP contribution in [0.1, 0.15) is 12.8 Å². The summed E-state index contributed by atoms with van der Waals surface area (Å²) in [7, 11) is 0. The van der Waals surface area contributed by atoms with Crippen molar-refractivity contribution in [2.45, 2.75) is 18.9 Å². The molecule has 0 aromatic carbocycles. The number of aliphatic hydroxyl groups excluding tert-OH is 1. The fraction of sp³-hybridized carbons (Fsp3) is 0.667. The van der Waals surface area contributed by atoms with Crippen LogP contribution in [0.2, 0.25) is 0 Å². The van der Waals surface area contributed by atoms with Gasteiger partial charge in [-0.3, -0.25) is 4.79 Å². The van der Waals surface area contributed by atoms with Gasteiger partial charge in [0.05, 0.1) is 12.0 Å². The standard InChI is InChI=1S/C9H11ClO3/c10-7-3-4-1-5(8(7)11)6(2-4)9(12)13/h3-6,8,11H,1-2H2,(H,12,13)/t4-,5+,6+,8-/m1/s1. The first-order valence-electron chi connectivity index (χ1n) is 4.37. The lowest BCUT2D eigenvalue weighted by molar-refractivity contribution is -0.144. The van der Waals surface area contributed by atoms with E-state index in [1.807, 2.05) is 0 Å². The monoisotopic (exact) mass is 202 g/mol. The van der Waals surface area contributed by atoms with Crippen molar-refractivity contribution in [3.8, 4) is 0 Å². The van der Waals surface area contributed by atoms with E-state index in [9.17, 15) is 9.90 Å². The van der Waals surface area contributed by atoms with Gasteiger partial charge >= 0.3 is 5.97 Å². The molecule has 3 nitrogen and oxygen atoms in total. The lowest BCUT2D eigenvalue weighted by Crippen LogP contribution is -2.29. The maximum absolute atomic E-state index is 10.8. The Balaban J connectivity index is 2.24. The zero-order valence-corrected chi connectivity index (χ0v) is 7.74. The van der Waals surface area contributed by atoms with E-state index in [1.54, 1.807) is 6.08 Å². The molecule has 0 unspecified atom stereocenters. The molecule has 2 bridgehead atoms. The predicted molar refractivity (Wildman–Crippen MR) is 47.3 cm³/mol. The Morgan fingerprint density at radius 2 is 2.23 bits per heavy atom. The van der Waals surface area contributed by atoms with E-state index in [0.717, 1.165) is 6.42 Å². The number of hydrogen-bond donors (Lipinski definition) is 2. The summed E-state index contributed by atoms with van der Waals surface area (Å²) in [5, 5.41) is 18.9. The Kier molecular flexibility index (Phi) is 2.08. The zero-order chi connectivity index (χ0) is 9.59. The van der Waals surface area contributed by atoms with Crippen LogP contribution in [-0.4, -0.2) is 22.3 Å². The summed E-state index contributed by atoms with van der Waals surface area (Å²) < 4.78 is 0. The maximum atomic E-state index is 10.8. The molecule has 1 saturated carbocycles. The van der Waals surface area contributed by atoms with Gasteiger partial charge in [-0.2, -0.15) is 0 Å². The summed E-state index contributed by atoms with van der Waals surface area (Å²) in [6.45, 7) is 0. The minimum Gasteiger partial charge on any atom is -0.481 e. The Bertz CT molecular complexity index is 274. The van der Waals surface area contributed by atoms with Gasteiger partial charge in [0.2, 0.25) is 0 Å². The van der Waals surface area contributed by atoms with Gasteiger partial charge in [-0.05, 0) is 18.8 Å². The summed E-state index contributed by atoms with van der Waals surface area (Å²) in [5.41, 5.74) is 0. The number of carbonyl (C=O) groups is 1. The number of carboxylic acids is 1. The molecule has 0 amide bonds. The molecule has 2 aliphatic rings. The number of aliphatic hydroxyl groups is 1. The molecule has 2 aliphatic carbocycles. The topological polar surface area (TPSA) is 57.5 Å². The molecule has 13 heavy (non-hydrogen) atoms. The van der Waals surface area contributed by atoms with Crippen molar-refractivity contribution in [1.82, 2.24) is 0 Å². The van der Waals surface area contributed by atoms with Crippen molar-refractivity contribution < 1.29 is 15.0 Å². The van der Waals surface area contributed by atoms with Crippen LogP contribution in [0.15, 0.2) is 11.1 Å². The van der Waals surface area contributed by atoms with E-state index in [1.165, 1.54) is 0 Å². The third-order valence-electron chi connectivity index (χ3n) is 3.05. The second-order valence-corrected chi connectivity index (χ2v) is 4.27. The normalized spacial score (nSPS) is 43.1. The van der Waals surface area contributed by atoms with Gasteiger partial charge in [-0.1, -0.05) is 17.7 Å². The lowest BCUT2D eigenvalue weighted by Gasteiger charge is -2.24. The first kappa shape index (κ1) is 9.03. The van der Waals surface area contributed by atoms with Crippen LogP contribution in [0.4, 0.5) is 0 Å². The van der Waals surface area contributed by atoms with Gasteiger partial charge in [0, 0.05) is 11.0 Å². The summed E-state index contributed by atoms with van der Waals surface area (Å²) in [5.74, 6) is -1.17. The van der Waals surface area contributed by atoms with Crippen LogP contribution in [-0.2, 0) is 4.79 Å². The Hall–Kier alpha value is -0.540. The van der Waals surface area contributed by atoms with E-state index in [4.69, 9.17) is 16.7 Å². The summed E-state index contributed by atoms with van der Waals surface area (Å²) >= 11 is 5.78. The number of aliphatic carboxylic acids is 1. The van der Waals surface area contributed by atoms with E-state index >= 15 is 0 Å². The van der Waals surface area contributed by atoms with Crippen LogP contribution in [0.25, 0.3) is 0 Å². The molecular weight excluding hydrogens is 192 g/mol. The van der Waals surface area contributed by atoms with Gasteiger partial charge in [0.25, 0.3) is 0 Å². The number of allylic oxidation sites excluding steroid dienone is 1. The van der Waals surface area contributed by atoms with Gasteiger partial charge < -0.3 is 10.2 Å². The number of hydrogen-bond acceptors (Lipinski definition) is 2. The Morgan fingerprint density at radius 3 is 2.85 bits per heavy atom. The number of fused-ring (bicyclic) bond motifs is 2. The lowest BCUT2D eigenvalue weighted by atomic mass is 9.88. The van der Waals surface area contributed by atoms with Crippen molar-refractivity contribution in [1.29, 1.82) is 0 Å². The van der Waals surface area contributed by atoms with Crippen molar-refractivity contribution in [3.63, 3.8) is 0 Å². The fourth-order valence-corrected chi connectivity index (χ4v) is 2.75. The SMILES string of the molecule is O=C(O)[C@H]1C[C@@H]2C=C(Cl)[C@H](O)[C@H]1C2. The zero-order valence-electron chi connectivity index (χ0n) is 6.98. The van der Waals surface area contributed by atoms with Crippen LogP contribution in [0.3, 0.4) is 0 Å². The average Bonchev–Trinajstić information content (AvgIpc) is 2.41. The molecule has 4 heteroatoms. The average molecular weight is 203 g/mol.